The molecule has 0 rings (SSSR count). The van der Waals surface area contributed by atoms with Crippen LogP contribution in [0.25, 0.3) is 0 Å². The van der Waals surface area contributed by atoms with Gasteiger partial charge in [0, 0.05) is 6.42 Å². The van der Waals surface area contributed by atoms with E-state index < -0.39 is 0 Å². The quantitative estimate of drug-likeness (QED) is 0.312. The van der Waals surface area contributed by atoms with Gasteiger partial charge in [-0.3, -0.25) is 9.59 Å². The molecule has 0 aliphatic rings. The third kappa shape index (κ3) is 6.98. The molecule has 0 heterocycles. The number of Topliss-reactive ketones (excluding diaryl/α,β-unsaturated/α-hetero) is 1. The maximum absolute atomic E-state index is 10.0. The van der Waals surface area contributed by atoms with Crippen LogP contribution in [0.5, 0.6) is 0 Å². The number of carbonyl (C=O) groups excluding carboxylic acids is 2. The second kappa shape index (κ2) is 7.98. The Morgan fingerprint density at radius 3 is 2.25 bits per heavy atom. The van der Waals surface area contributed by atoms with Gasteiger partial charge in [0.1, 0.15) is 0 Å². The van der Waals surface area contributed by atoms with Crippen LogP contribution in [0.2, 0.25) is 0 Å². The Hall–Kier alpha value is 0.976. The minimum atomic E-state index is -0.303. The molecule has 0 amide bonds. The molecule has 0 aliphatic heterocycles. The van der Waals surface area contributed by atoms with Crippen molar-refractivity contribution in [3.63, 3.8) is 0 Å². The minimum absolute atomic E-state index is 0. The molecule has 8 heavy (non-hydrogen) atoms. The summed E-state index contributed by atoms with van der Waals surface area (Å²) in [6, 6.07) is 0. The van der Waals surface area contributed by atoms with Crippen LogP contribution in [-0.2, 0) is 9.59 Å². The molecule has 0 N–H and O–H groups in total. The third-order valence-electron chi connectivity index (χ3n) is 0.628. The van der Waals surface area contributed by atoms with Gasteiger partial charge in [-0.05, 0) is 6.42 Å². The molecule has 0 aromatic heterocycles. The van der Waals surface area contributed by atoms with Crippen molar-refractivity contribution in [2.24, 2.45) is 0 Å². The summed E-state index contributed by atoms with van der Waals surface area (Å²) >= 11 is 0. The van der Waals surface area contributed by atoms with E-state index in [1.54, 1.807) is 0 Å². The van der Waals surface area contributed by atoms with Gasteiger partial charge in [0.2, 0.25) is 0 Å². The molecule has 0 saturated carbocycles. The second-order valence-corrected chi connectivity index (χ2v) is 1.33. The van der Waals surface area contributed by atoms with E-state index in [0.717, 1.165) is 6.42 Å². The zero-order valence-corrected chi connectivity index (χ0v) is 4.31. The van der Waals surface area contributed by atoms with Gasteiger partial charge in [-0.2, -0.15) is 0 Å². The molecule has 0 fully saturated rings. The number of aldehydes is 1. The topological polar surface area (TPSA) is 34.1 Å². The van der Waals surface area contributed by atoms with Crippen LogP contribution in [0.4, 0.5) is 0 Å². The Kier molecular flexibility index (Phi) is 11.7. The average molecular weight is 140 g/mol. The summed E-state index contributed by atoms with van der Waals surface area (Å²) in [6.07, 6.45) is 1.52. The zero-order valence-electron chi connectivity index (χ0n) is 4.31. The normalized spacial score (nSPS) is 7.12. The number of ketones is 1. The predicted molar refractivity (Wildman–Crippen MR) is 33.1 cm³/mol. The molecule has 42 valence electrons. The van der Waals surface area contributed by atoms with E-state index in [0.29, 0.717) is 12.7 Å². The van der Waals surface area contributed by atoms with E-state index in [2.05, 4.69) is 0 Å². The van der Waals surface area contributed by atoms with Crippen LogP contribution >= 0.6 is 0 Å². The van der Waals surface area contributed by atoms with E-state index in [9.17, 15) is 9.59 Å². The van der Waals surface area contributed by atoms with Crippen molar-refractivity contribution < 1.29 is 9.59 Å². The third-order valence-corrected chi connectivity index (χ3v) is 0.628. The maximum atomic E-state index is 10.0. The van der Waals surface area contributed by atoms with Gasteiger partial charge < -0.3 is 0 Å². The fourth-order valence-electron chi connectivity index (χ4n) is 0.305. The van der Waals surface area contributed by atoms with Crippen molar-refractivity contribution in [3.8, 4) is 0 Å². The Morgan fingerprint density at radius 2 is 2.12 bits per heavy atom. The van der Waals surface area contributed by atoms with E-state index in [-0.39, 0.29) is 57.2 Å². The molecule has 0 unspecified atom stereocenters. The zero-order chi connectivity index (χ0) is 5.70. The summed E-state index contributed by atoms with van der Waals surface area (Å²) in [6.45, 7) is 1.86. The summed E-state index contributed by atoms with van der Waals surface area (Å²) in [5, 5.41) is 0. The first-order valence-corrected chi connectivity index (χ1v) is 2.29. The molecule has 0 saturated heterocycles. The number of hydrogen-bond donors (Lipinski definition) is 0. The van der Waals surface area contributed by atoms with Crippen molar-refractivity contribution >= 4 is 63.5 Å². The standard InChI is InChI=1S/C5H8O2.K.H/c1-2-3-5(7)4-6;;/h4H,2-3H2,1H3;;. The number of carbonyl (C=O) groups is 2. The molecule has 0 aliphatic carbocycles. The Labute approximate surface area is 91.4 Å². The molecular weight excluding hydrogens is 131 g/mol. The van der Waals surface area contributed by atoms with Gasteiger partial charge in [-0.15, -0.1) is 0 Å². The predicted octanol–water partition coefficient (Wildman–Crippen LogP) is -0.0940. The van der Waals surface area contributed by atoms with E-state index in [1.165, 1.54) is 0 Å². The molecule has 3 heteroatoms. The van der Waals surface area contributed by atoms with Gasteiger partial charge in [0.25, 0.3) is 0 Å². The van der Waals surface area contributed by atoms with E-state index >= 15 is 0 Å². The van der Waals surface area contributed by atoms with Crippen molar-refractivity contribution in [2.45, 2.75) is 19.8 Å². The Bertz CT molecular complexity index is 80.5. The summed E-state index contributed by atoms with van der Waals surface area (Å²) in [5.41, 5.74) is 0. The van der Waals surface area contributed by atoms with Gasteiger partial charge in [0.15, 0.2) is 12.1 Å². The summed E-state index contributed by atoms with van der Waals surface area (Å²) in [7, 11) is 0. The first kappa shape index (κ1) is 11.7. The first-order valence-electron chi connectivity index (χ1n) is 2.29. The molecule has 0 spiro atoms. The molecule has 0 aromatic rings. The first-order chi connectivity index (χ1) is 3.31. The molecule has 0 aromatic carbocycles. The van der Waals surface area contributed by atoms with Crippen LogP contribution in [0.1, 0.15) is 19.8 Å². The van der Waals surface area contributed by atoms with Gasteiger partial charge in [-0.25, -0.2) is 0 Å². The van der Waals surface area contributed by atoms with Gasteiger partial charge in [0.05, 0.1) is 0 Å². The molecule has 0 atom stereocenters. The number of rotatable bonds is 3. The van der Waals surface area contributed by atoms with E-state index in [1.807, 2.05) is 6.92 Å². The van der Waals surface area contributed by atoms with Gasteiger partial charge >= 0.3 is 51.4 Å². The van der Waals surface area contributed by atoms with Crippen LogP contribution < -0.4 is 0 Å². The van der Waals surface area contributed by atoms with E-state index in [4.69, 9.17) is 0 Å². The fraction of sp³-hybridized carbons (Fsp3) is 0.600. The summed E-state index contributed by atoms with van der Waals surface area (Å²) < 4.78 is 0. The number of hydrogen-bond acceptors (Lipinski definition) is 2. The van der Waals surface area contributed by atoms with Crippen LogP contribution in [0, 0.1) is 0 Å². The summed E-state index contributed by atoms with van der Waals surface area (Å²) in [5.74, 6) is -0.303. The van der Waals surface area contributed by atoms with Crippen LogP contribution in [-0.4, -0.2) is 63.5 Å². The molecule has 2 nitrogen and oxygen atoms in total. The Morgan fingerprint density at radius 1 is 1.62 bits per heavy atom. The fourth-order valence-corrected chi connectivity index (χ4v) is 0.305. The average Bonchev–Trinajstić information content (AvgIpc) is 1.68. The van der Waals surface area contributed by atoms with Crippen molar-refractivity contribution in [3.05, 3.63) is 0 Å². The Balaban J connectivity index is 0. The van der Waals surface area contributed by atoms with Gasteiger partial charge in [-0.1, -0.05) is 6.92 Å². The van der Waals surface area contributed by atoms with Crippen LogP contribution in [0.15, 0.2) is 0 Å². The SMILES string of the molecule is CCCC(=O)C=O.[KH]. The molecular formula is C5H9KO2. The van der Waals surface area contributed by atoms with Crippen molar-refractivity contribution in [2.75, 3.05) is 0 Å². The van der Waals surface area contributed by atoms with Crippen LogP contribution in [0.3, 0.4) is 0 Å². The molecule has 0 radical (unpaired) electrons. The second-order valence-electron chi connectivity index (χ2n) is 1.33. The monoisotopic (exact) mass is 140 g/mol. The van der Waals surface area contributed by atoms with Crippen molar-refractivity contribution in [1.29, 1.82) is 0 Å². The molecule has 0 bridgehead atoms. The van der Waals surface area contributed by atoms with Crippen molar-refractivity contribution in [1.82, 2.24) is 0 Å². The summed E-state index contributed by atoms with van der Waals surface area (Å²) in [4.78, 5) is 19.6.